The highest BCUT2D eigenvalue weighted by molar-refractivity contribution is 9.10. The van der Waals surface area contributed by atoms with Gasteiger partial charge in [-0.25, -0.2) is 0 Å². The van der Waals surface area contributed by atoms with Gasteiger partial charge in [-0.2, -0.15) is 0 Å². The second kappa shape index (κ2) is 7.08. The standard InChI is InChI=1S/C19H24BrN3O2/c20-16-3-1-2-4-17(16)23-8-7-15(19(23)25)18(24)22-11-9-21(10-12-22)13-14-5-6-14/h1-4,14-15H,5-13H2/t15-/m0/s1. The molecule has 0 aromatic heterocycles. The molecule has 134 valence electrons. The maximum Gasteiger partial charge on any atom is 0.239 e. The van der Waals surface area contributed by atoms with Crippen molar-refractivity contribution in [2.45, 2.75) is 19.3 Å². The second-order valence-corrected chi connectivity index (χ2v) is 8.21. The number of nitrogens with zero attached hydrogens (tertiary/aromatic N) is 3. The van der Waals surface area contributed by atoms with Gasteiger partial charge >= 0.3 is 0 Å². The zero-order valence-corrected chi connectivity index (χ0v) is 16.0. The largest absolute Gasteiger partial charge is 0.339 e. The summed E-state index contributed by atoms with van der Waals surface area (Å²) < 4.78 is 0.894. The van der Waals surface area contributed by atoms with Crippen molar-refractivity contribution in [1.29, 1.82) is 0 Å². The molecule has 3 aliphatic rings. The monoisotopic (exact) mass is 405 g/mol. The van der Waals surface area contributed by atoms with Gasteiger partial charge in [-0.3, -0.25) is 14.5 Å². The maximum absolute atomic E-state index is 12.9. The molecule has 1 aromatic carbocycles. The van der Waals surface area contributed by atoms with Gasteiger partial charge in [0.25, 0.3) is 0 Å². The van der Waals surface area contributed by atoms with Gasteiger partial charge in [0.15, 0.2) is 0 Å². The van der Waals surface area contributed by atoms with Crippen LogP contribution < -0.4 is 4.90 Å². The Bertz CT molecular complexity index is 668. The number of piperazine rings is 1. The van der Waals surface area contributed by atoms with Crippen LogP contribution in [0.5, 0.6) is 0 Å². The molecule has 2 aliphatic heterocycles. The van der Waals surface area contributed by atoms with Crippen LogP contribution in [0.3, 0.4) is 0 Å². The Morgan fingerprint density at radius 1 is 1.04 bits per heavy atom. The molecule has 0 N–H and O–H groups in total. The molecule has 0 spiro atoms. The van der Waals surface area contributed by atoms with E-state index in [4.69, 9.17) is 0 Å². The maximum atomic E-state index is 12.9. The van der Waals surface area contributed by atoms with Crippen molar-refractivity contribution in [2.24, 2.45) is 11.8 Å². The van der Waals surface area contributed by atoms with Crippen LogP contribution in [0.25, 0.3) is 0 Å². The zero-order valence-electron chi connectivity index (χ0n) is 14.4. The van der Waals surface area contributed by atoms with Crippen molar-refractivity contribution in [2.75, 3.05) is 44.2 Å². The van der Waals surface area contributed by atoms with Crippen molar-refractivity contribution in [1.82, 2.24) is 9.80 Å². The number of benzene rings is 1. The number of anilines is 1. The molecule has 1 aromatic rings. The molecule has 2 heterocycles. The number of hydrogen-bond acceptors (Lipinski definition) is 3. The van der Waals surface area contributed by atoms with E-state index in [1.54, 1.807) is 4.90 Å². The summed E-state index contributed by atoms with van der Waals surface area (Å²) in [4.78, 5) is 31.8. The zero-order chi connectivity index (χ0) is 17.4. The third-order valence-electron chi connectivity index (χ3n) is 5.54. The van der Waals surface area contributed by atoms with E-state index in [0.29, 0.717) is 13.0 Å². The minimum Gasteiger partial charge on any atom is -0.339 e. The Balaban J connectivity index is 1.36. The molecule has 6 heteroatoms. The number of carbonyl (C=O) groups is 2. The molecule has 1 atom stereocenters. The number of rotatable bonds is 4. The third-order valence-corrected chi connectivity index (χ3v) is 6.21. The van der Waals surface area contributed by atoms with Gasteiger partial charge in [-0.15, -0.1) is 0 Å². The van der Waals surface area contributed by atoms with Crippen LogP contribution in [0.15, 0.2) is 28.7 Å². The van der Waals surface area contributed by atoms with Crippen LogP contribution >= 0.6 is 15.9 Å². The summed E-state index contributed by atoms with van der Waals surface area (Å²) in [5.41, 5.74) is 0.858. The van der Waals surface area contributed by atoms with E-state index >= 15 is 0 Å². The number of hydrogen-bond donors (Lipinski definition) is 0. The molecule has 1 saturated carbocycles. The number of amides is 2. The lowest BCUT2D eigenvalue weighted by molar-refractivity contribution is -0.141. The Morgan fingerprint density at radius 3 is 2.44 bits per heavy atom. The van der Waals surface area contributed by atoms with Gasteiger partial charge in [-0.1, -0.05) is 12.1 Å². The fourth-order valence-corrected chi connectivity index (χ4v) is 4.35. The normalized spacial score (nSPS) is 24.8. The molecule has 25 heavy (non-hydrogen) atoms. The topological polar surface area (TPSA) is 43.9 Å². The predicted molar refractivity (Wildman–Crippen MR) is 100 cm³/mol. The molecule has 5 nitrogen and oxygen atoms in total. The summed E-state index contributed by atoms with van der Waals surface area (Å²) in [5, 5.41) is 0. The fourth-order valence-electron chi connectivity index (χ4n) is 3.86. The Morgan fingerprint density at radius 2 is 1.76 bits per heavy atom. The summed E-state index contributed by atoms with van der Waals surface area (Å²) in [7, 11) is 0. The summed E-state index contributed by atoms with van der Waals surface area (Å²) >= 11 is 3.50. The van der Waals surface area contributed by atoms with Gasteiger partial charge in [0.1, 0.15) is 5.92 Å². The van der Waals surface area contributed by atoms with Crippen molar-refractivity contribution in [3.63, 3.8) is 0 Å². The predicted octanol–water partition coefficient (Wildman–Crippen LogP) is 2.36. The molecular weight excluding hydrogens is 382 g/mol. The minimum atomic E-state index is -0.512. The van der Waals surface area contributed by atoms with Crippen LogP contribution in [-0.2, 0) is 9.59 Å². The van der Waals surface area contributed by atoms with E-state index in [0.717, 1.165) is 42.3 Å². The van der Waals surface area contributed by atoms with Gasteiger partial charge in [0, 0.05) is 43.7 Å². The van der Waals surface area contributed by atoms with E-state index in [1.807, 2.05) is 29.2 Å². The number of carbonyl (C=O) groups excluding carboxylic acids is 2. The molecule has 1 aliphatic carbocycles. The van der Waals surface area contributed by atoms with E-state index in [2.05, 4.69) is 20.8 Å². The lowest BCUT2D eigenvalue weighted by Gasteiger charge is -2.35. The van der Waals surface area contributed by atoms with Crippen molar-refractivity contribution >= 4 is 33.4 Å². The first-order chi connectivity index (χ1) is 12.1. The van der Waals surface area contributed by atoms with E-state index < -0.39 is 5.92 Å². The van der Waals surface area contributed by atoms with E-state index in [1.165, 1.54) is 19.4 Å². The quantitative estimate of drug-likeness (QED) is 0.722. The van der Waals surface area contributed by atoms with Crippen molar-refractivity contribution in [3.05, 3.63) is 28.7 Å². The molecule has 2 amide bonds. The molecule has 3 fully saturated rings. The minimum absolute atomic E-state index is 0.0191. The third kappa shape index (κ3) is 3.60. The first kappa shape index (κ1) is 17.0. The van der Waals surface area contributed by atoms with Crippen LogP contribution in [0, 0.1) is 11.8 Å². The second-order valence-electron chi connectivity index (χ2n) is 7.35. The Kier molecular flexibility index (Phi) is 4.82. The lowest BCUT2D eigenvalue weighted by atomic mass is 10.1. The number of halogens is 1. The lowest BCUT2D eigenvalue weighted by Crippen LogP contribution is -2.51. The summed E-state index contributed by atoms with van der Waals surface area (Å²) in [6, 6.07) is 7.70. The van der Waals surface area contributed by atoms with Crippen molar-refractivity contribution < 1.29 is 9.59 Å². The summed E-state index contributed by atoms with van der Waals surface area (Å²) in [5.74, 6) is 0.335. The molecule has 0 unspecified atom stereocenters. The summed E-state index contributed by atoms with van der Waals surface area (Å²) in [6.45, 7) is 5.18. The highest BCUT2D eigenvalue weighted by Gasteiger charge is 2.40. The average molecular weight is 406 g/mol. The van der Waals surface area contributed by atoms with Crippen LogP contribution in [0.4, 0.5) is 5.69 Å². The molecule has 4 rings (SSSR count). The first-order valence-corrected chi connectivity index (χ1v) is 10.00. The van der Waals surface area contributed by atoms with E-state index in [-0.39, 0.29) is 11.8 Å². The number of para-hydroxylation sites is 1. The molecule has 2 saturated heterocycles. The first-order valence-electron chi connectivity index (χ1n) is 9.20. The van der Waals surface area contributed by atoms with Gasteiger partial charge in [0.2, 0.25) is 11.8 Å². The van der Waals surface area contributed by atoms with Crippen LogP contribution in [0.1, 0.15) is 19.3 Å². The average Bonchev–Trinajstić information content (AvgIpc) is 3.36. The van der Waals surface area contributed by atoms with Gasteiger partial charge < -0.3 is 9.80 Å². The fraction of sp³-hybridized carbons (Fsp3) is 0.579. The molecule has 0 radical (unpaired) electrons. The van der Waals surface area contributed by atoms with Crippen LogP contribution in [-0.4, -0.2) is 60.9 Å². The van der Waals surface area contributed by atoms with Crippen LogP contribution in [0.2, 0.25) is 0 Å². The SMILES string of the molecule is O=C([C@@H]1CCN(c2ccccc2Br)C1=O)N1CCN(CC2CC2)CC1. The highest BCUT2D eigenvalue weighted by atomic mass is 79.9. The summed E-state index contributed by atoms with van der Waals surface area (Å²) in [6.07, 6.45) is 3.34. The van der Waals surface area contributed by atoms with E-state index in [9.17, 15) is 9.59 Å². The van der Waals surface area contributed by atoms with Gasteiger partial charge in [-0.05, 0) is 53.2 Å². The molecular formula is C19H24BrN3O2. The Hall–Kier alpha value is -1.40. The van der Waals surface area contributed by atoms with Gasteiger partial charge in [0.05, 0.1) is 5.69 Å². The molecule has 0 bridgehead atoms. The Labute approximate surface area is 157 Å². The highest BCUT2D eigenvalue weighted by Crippen LogP contribution is 2.32. The smallest absolute Gasteiger partial charge is 0.239 e. The van der Waals surface area contributed by atoms with Crippen molar-refractivity contribution in [3.8, 4) is 0 Å².